The molecule has 1 aliphatic heterocycles. The second-order valence-electron chi connectivity index (χ2n) is 12.5. The van der Waals surface area contributed by atoms with E-state index in [4.69, 9.17) is 23.4 Å². The Labute approximate surface area is 258 Å². The number of rotatable bonds is 14. The van der Waals surface area contributed by atoms with E-state index in [2.05, 4.69) is 81.4 Å². The highest BCUT2D eigenvalue weighted by Gasteiger charge is 2.51. The summed E-state index contributed by atoms with van der Waals surface area (Å²) in [5.41, 5.74) is 1.09. The number of aliphatic hydroxyl groups excluding tert-OH is 1. The lowest BCUT2D eigenvalue weighted by Crippen LogP contribution is -2.66. The average molecular weight is 605 g/mol. The zero-order valence-electron chi connectivity index (χ0n) is 26.5. The molecule has 6 nitrogen and oxygen atoms in total. The summed E-state index contributed by atoms with van der Waals surface area (Å²) in [4.78, 5) is 0. The van der Waals surface area contributed by atoms with Gasteiger partial charge in [0.2, 0.25) is 0 Å². The van der Waals surface area contributed by atoms with Gasteiger partial charge in [-0.3, -0.25) is 0 Å². The van der Waals surface area contributed by atoms with E-state index in [-0.39, 0.29) is 11.1 Å². The molecule has 1 heterocycles. The van der Waals surface area contributed by atoms with E-state index in [0.717, 1.165) is 11.3 Å². The summed E-state index contributed by atoms with van der Waals surface area (Å²) in [5.74, 6) is 0.0399. The number of benzene rings is 3. The Morgan fingerprint density at radius 3 is 2.05 bits per heavy atom. The lowest BCUT2D eigenvalue weighted by atomic mass is 10.1. The molecule has 1 unspecified atom stereocenters. The van der Waals surface area contributed by atoms with Gasteiger partial charge < -0.3 is 28.5 Å². The fraction of sp³-hybridized carbons (Fsp3) is 0.444. The molecule has 0 aliphatic carbocycles. The fourth-order valence-electron chi connectivity index (χ4n) is 5.87. The van der Waals surface area contributed by atoms with Crippen LogP contribution in [0.4, 0.5) is 0 Å². The molecule has 3 aromatic carbocycles. The van der Waals surface area contributed by atoms with E-state index in [1.54, 1.807) is 13.2 Å². The maximum absolute atomic E-state index is 11.1. The number of aliphatic hydroxyl groups is 1. The van der Waals surface area contributed by atoms with Crippen LogP contribution in [0.5, 0.6) is 5.75 Å². The van der Waals surface area contributed by atoms with E-state index >= 15 is 0 Å². The Kier molecular flexibility index (Phi) is 11.4. The van der Waals surface area contributed by atoms with Crippen LogP contribution in [0.25, 0.3) is 0 Å². The van der Waals surface area contributed by atoms with Crippen molar-refractivity contribution in [3.05, 3.63) is 103 Å². The molecule has 0 spiro atoms. The summed E-state index contributed by atoms with van der Waals surface area (Å²) in [5, 5.41) is 13.5. The van der Waals surface area contributed by atoms with Crippen molar-refractivity contribution in [2.75, 3.05) is 20.3 Å². The molecular weight excluding hydrogens is 556 g/mol. The number of hydrogen-bond acceptors (Lipinski definition) is 6. The summed E-state index contributed by atoms with van der Waals surface area (Å²) in [7, 11) is -1.01. The van der Waals surface area contributed by atoms with E-state index in [0.29, 0.717) is 32.7 Å². The van der Waals surface area contributed by atoms with Crippen molar-refractivity contribution in [1.29, 1.82) is 0 Å². The monoisotopic (exact) mass is 604 g/mol. The third kappa shape index (κ3) is 8.44. The van der Waals surface area contributed by atoms with Crippen molar-refractivity contribution in [2.45, 2.75) is 83.2 Å². The van der Waals surface area contributed by atoms with Crippen LogP contribution >= 0.6 is 0 Å². The van der Waals surface area contributed by atoms with Crippen LogP contribution in [-0.2, 0) is 25.2 Å². The van der Waals surface area contributed by atoms with Gasteiger partial charge in [-0.05, 0) is 59.8 Å². The van der Waals surface area contributed by atoms with Crippen LogP contribution < -0.4 is 15.1 Å². The molecule has 232 valence electrons. The second-order valence-corrected chi connectivity index (χ2v) is 16.9. The molecule has 0 saturated carbocycles. The van der Waals surface area contributed by atoms with Crippen LogP contribution in [0.1, 0.15) is 53.0 Å². The molecule has 0 radical (unpaired) electrons. The van der Waals surface area contributed by atoms with Gasteiger partial charge >= 0.3 is 0 Å². The molecule has 3 aromatic rings. The van der Waals surface area contributed by atoms with Gasteiger partial charge in [0.05, 0.1) is 26.4 Å². The Balaban J connectivity index is 1.37. The van der Waals surface area contributed by atoms with Gasteiger partial charge in [0.1, 0.15) is 18.0 Å². The van der Waals surface area contributed by atoms with Gasteiger partial charge in [-0.1, -0.05) is 106 Å². The van der Waals surface area contributed by atoms with Crippen molar-refractivity contribution in [3.8, 4) is 5.75 Å². The smallest absolute Gasteiger partial charge is 0.261 e. The molecule has 1 saturated heterocycles. The predicted octanol–water partition coefficient (Wildman–Crippen LogP) is 6.01. The van der Waals surface area contributed by atoms with Crippen molar-refractivity contribution in [3.63, 3.8) is 0 Å². The minimum atomic E-state index is -2.66. The summed E-state index contributed by atoms with van der Waals surface area (Å²) in [6.07, 6.45) is 3.43. The average Bonchev–Trinajstić information content (AvgIpc) is 3.31. The van der Waals surface area contributed by atoms with Crippen molar-refractivity contribution in [2.24, 2.45) is 0 Å². The van der Waals surface area contributed by atoms with Crippen LogP contribution in [0.3, 0.4) is 0 Å². The van der Waals surface area contributed by atoms with Crippen molar-refractivity contribution < 1.29 is 28.5 Å². The Morgan fingerprint density at radius 2 is 1.49 bits per heavy atom. The first-order valence-corrected chi connectivity index (χ1v) is 17.1. The Morgan fingerprint density at radius 1 is 0.884 bits per heavy atom. The van der Waals surface area contributed by atoms with Crippen molar-refractivity contribution >= 4 is 18.7 Å². The lowest BCUT2D eigenvalue weighted by molar-refractivity contribution is -0.153. The van der Waals surface area contributed by atoms with E-state index in [1.807, 2.05) is 44.2 Å². The van der Waals surface area contributed by atoms with Gasteiger partial charge in [0.25, 0.3) is 8.32 Å². The Hall–Kier alpha value is -2.78. The van der Waals surface area contributed by atoms with Gasteiger partial charge in [0, 0.05) is 6.61 Å². The van der Waals surface area contributed by atoms with Gasteiger partial charge in [-0.15, -0.1) is 0 Å². The zero-order valence-corrected chi connectivity index (χ0v) is 27.5. The normalized spacial score (nSPS) is 19.5. The highest BCUT2D eigenvalue weighted by atomic mass is 28.4. The summed E-state index contributed by atoms with van der Waals surface area (Å²) in [6, 6.07) is 29.1. The molecule has 0 aromatic heterocycles. The minimum Gasteiger partial charge on any atom is -0.497 e. The molecule has 7 heteroatoms. The molecule has 1 N–H and O–H groups in total. The highest BCUT2D eigenvalue weighted by Crippen LogP contribution is 2.38. The predicted molar refractivity (Wildman–Crippen MR) is 174 cm³/mol. The van der Waals surface area contributed by atoms with Gasteiger partial charge in [-0.25, -0.2) is 0 Å². The van der Waals surface area contributed by atoms with Crippen LogP contribution in [0, 0.1) is 0 Å². The van der Waals surface area contributed by atoms with Crippen LogP contribution in [0.15, 0.2) is 97.1 Å². The molecule has 4 rings (SSSR count). The molecule has 0 amide bonds. The minimum absolute atomic E-state index is 0.112. The summed E-state index contributed by atoms with van der Waals surface area (Å²) >= 11 is 0. The van der Waals surface area contributed by atoms with Crippen LogP contribution in [-0.4, -0.2) is 57.8 Å². The zero-order chi connectivity index (χ0) is 30.9. The van der Waals surface area contributed by atoms with E-state index in [9.17, 15) is 5.11 Å². The number of hydrogen-bond donors (Lipinski definition) is 1. The molecular formula is C36H48O6Si. The van der Waals surface area contributed by atoms with E-state index < -0.39 is 26.3 Å². The third-order valence-electron chi connectivity index (χ3n) is 7.89. The van der Waals surface area contributed by atoms with Crippen LogP contribution in [0.2, 0.25) is 5.04 Å². The largest absolute Gasteiger partial charge is 0.497 e. The SMILES string of the molecule is COc1ccc(COCC/C=C\C(O)[C@H]2OC(C)(C)O[C@H]2CCO[Si](c2ccccc2)(c2ccccc2)C(C)(C)C)cc1. The summed E-state index contributed by atoms with van der Waals surface area (Å²) in [6.45, 7) is 12.2. The number of methoxy groups -OCH3 is 1. The van der Waals surface area contributed by atoms with Gasteiger partial charge in [0.15, 0.2) is 5.79 Å². The topological polar surface area (TPSA) is 66.4 Å². The second kappa shape index (κ2) is 14.8. The first kappa shape index (κ1) is 33.1. The molecule has 1 aliphatic rings. The van der Waals surface area contributed by atoms with Gasteiger partial charge in [-0.2, -0.15) is 0 Å². The third-order valence-corrected chi connectivity index (χ3v) is 12.9. The molecule has 1 fully saturated rings. The Bertz CT molecular complexity index is 1230. The molecule has 43 heavy (non-hydrogen) atoms. The maximum atomic E-state index is 11.1. The van der Waals surface area contributed by atoms with E-state index in [1.165, 1.54) is 10.4 Å². The first-order chi connectivity index (χ1) is 20.6. The maximum Gasteiger partial charge on any atom is 0.261 e. The standard InChI is InChI=1S/C36H48O6Si/c1-35(2,3)43(30-15-9-7-10-16-30,31-17-11-8-12-18-31)40-26-24-33-34(42-36(4,5)41-33)32(37)19-13-14-25-39-27-28-20-22-29(38-6)23-21-28/h7-13,15-23,32-34,37H,14,24-27H2,1-6H3/b19-13-/t32?,33-,34+/m0/s1. The quantitative estimate of drug-likeness (QED) is 0.138. The lowest BCUT2D eigenvalue weighted by Gasteiger charge is -2.43. The molecule has 3 atom stereocenters. The number of ether oxygens (including phenoxy) is 4. The molecule has 0 bridgehead atoms. The van der Waals surface area contributed by atoms with Crippen molar-refractivity contribution in [1.82, 2.24) is 0 Å². The highest BCUT2D eigenvalue weighted by molar-refractivity contribution is 6.99. The first-order valence-electron chi connectivity index (χ1n) is 15.2. The summed E-state index contributed by atoms with van der Waals surface area (Å²) < 4.78 is 30.6. The fourth-order valence-corrected chi connectivity index (χ4v) is 10.5.